The number of aromatic nitrogens is 2. The number of aromatic amines is 1. The third kappa shape index (κ3) is 3.46. The van der Waals surface area contributed by atoms with Gasteiger partial charge in [-0.1, -0.05) is 23.7 Å². The van der Waals surface area contributed by atoms with Crippen LogP contribution in [-0.4, -0.2) is 23.2 Å². The maximum atomic E-state index is 5.96. The minimum Gasteiger partial charge on any atom is -0.349 e. The summed E-state index contributed by atoms with van der Waals surface area (Å²) in [5.41, 5.74) is 1.04. The maximum Gasteiger partial charge on any atom is 0.194 e. The van der Waals surface area contributed by atoms with Gasteiger partial charge in [0.05, 0.1) is 13.2 Å². The van der Waals surface area contributed by atoms with E-state index in [4.69, 9.17) is 21.1 Å². The monoisotopic (exact) mass is 306 g/mol. The highest BCUT2D eigenvalue weighted by molar-refractivity contribution is 6.30. The number of halogens is 1. The molecule has 1 saturated heterocycles. The molecular formula is C16H19ClN2O2. The lowest BCUT2D eigenvalue weighted by Gasteiger charge is -2.28. The Kier molecular flexibility index (Phi) is 4.58. The molecule has 1 aliphatic rings. The summed E-state index contributed by atoms with van der Waals surface area (Å²) in [5, 5.41) is 0.727. The molecule has 2 heterocycles. The van der Waals surface area contributed by atoms with E-state index >= 15 is 0 Å². The predicted octanol–water partition coefficient (Wildman–Crippen LogP) is 3.68. The van der Waals surface area contributed by atoms with Gasteiger partial charge in [0.25, 0.3) is 0 Å². The molecule has 5 heteroatoms. The Bertz CT molecular complexity index is 548. The Morgan fingerprint density at radius 1 is 1.14 bits per heavy atom. The summed E-state index contributed by atoms with van der Waals surface area (Å²) in [4.78, 5) is 7.36. The molecule has 112 valence electrons. The van der Waals surface area contributed by atoms with E-state index in [1.807, 2.05) is 30.5 Å². The molecule has 1 fully saturated rings. The third-order valence-corrected chi connectivity index (χ3v) is 4.01. The molecule has 21 heavy (non-hydrogen) atoms. The number of H-pyrrole nitrogens is 1. The Labute approximate surface area is 129 Å². The fourth-order valence-corrected chi connectivity index (χ4v) is 2.82. The molecule has 0 saturated carbocycles. The first kappa shape index (κ1) is 14.6. The number of rotatable bonds is 6. The Hall–Kier alpha value is -1.36. The summed E-state index contributed by atoms with van der Waals surface area (Å²) in [6, 6.07) is 7.74. The summed E-state index contributed by atoms with van der Waals surface area (Å²) in [7, 11) is 0. The lowest BCUT2D eigenvalue weighted by Crippen LogP contribution is -2.27. The summed E-state index contributed by atoms with van der Waals surface area (Å²) < 4.78 is 11.8. The molecule has 3 rings (SSSR count). The summed E-state index contributed by atoms with van der Waals surface area (Å²) in [5.74, 6) is 0.428. The number of imidazole rings is 1. The van der Waals surface area contributed by atoms with E-state index < -0.39 is 5.79 Å². The highest BCUT2D eigenvalue weighted by atomic mass is 35.5. The Morgan fingerprint density at radius 3 is 2.57 bits per heavy atom. The van der Waals surface area contributed by atoms with E-state index in [0.29, 0.717) is 13.2 Å². The minimum atomic E-state index is -0.603. The number of hydrogen-bond donors (Lipinski definition) is 1. The average molecular weight is 307 g/mol. The lowest BCUT2D eigenvalue weighted by atomic mass is 9.99. The second-order valence-electron chi connectivity index (χ2n) is 5.20. The van der Waals surface area contributed by atoms with Gasteiger partial charge in [0.2, 0.25) is 0 Å². The molecular weight excluding hydrogens is 288 g/mol. The summed E-state index contributed by atoms with van der Waals surface area (Å²) >= 11 is 5.96. The molecule has 1 aromatic carbocycles. The van der Waals surface area contributed by atoms with Gasteiger partial charge >= 0.3 is 0 Å². The van der Waals surface area contributed by atoms with Crippen molar-refractivity contribution in [3.63, 3.8) is 0 Å². The molecule has 0 spiro atoms. The van der Waals surface area contributed by atoms with Gasteiger partial charge < -0.3 is 14.5 Å². The standard InChI is InChI=1S/C16H19ClN2O2/c17-14-6-4-13(5-7-14)16(20-11-12-21-16)8-2-1-3-15-18-9-10-19-15/h4-7,9-10H,1-3,8,11-12H2,(H,18,19). The number of unbranched alkanes of at least 4 members (excludes halogenated alkanes) is 1. The molecule has 0 unspecified atom stereocenters. The third-order valence-electron chi connectivity index (χ3n) is 3.76. The quantitative estimate of drug-likeness (QED) is 0.828. The van der Waals surface area contributed by atoms with Crippen LogP contribution in [0, 0.1) is 0 Å². The minimum absolute atomic E-state index is 0.603. The van der Waals surface area contributed by atoms with Crippen LogP contribution in [0.3, 0.4) is 0 Å². The molecule has 0 atom stereocenters. The number of aryl methyl sites for hydroxylation is 1. The topological polar surface area (TPSA) is 47.1 Å². The first-order chi connectivity index (χ1) is 10.3. The summed E-state index contributed by atoms with van der Waals surface area (Å²) in [6.45, 7) is 1.28. The van der Waals surface area contributed by atoms with Gasteiger partial charge in [-0.25, -0.2) is 4.98 Å². The van der Waals surface area contributed by atoms with Crippen LogP contribution in [-0.2, 0) is 21.7 Å². The molecule has 0 radical (unpaired) electrons. The van der Waals surface area contributed by atoms with E-state index in [2.05, 4.69) is 9.97 Å². The fraction of sp³-hybridized carbons (Fsp3) is 0.438. The van der Waals surface area contributed by atoms with Crippen molar-refractivity contribution in [2.45, 2.75) is 31.5 Å². The van der Waals surface area contributed by atoms with E-state index in [1.165, 1.54) is 0 Å². The average Bonchev–Trinajstić information content (AvgIpc) is 3.17. The second kappa shape index (κ2) is 6.60. The first-order valence-corrected chi connectivity index (χ1v) is 7.68. The molecule has 0 amide bonds. The highest BCUT2D eigenvalue weighted by Gasteiger charge is 2.37. The van der Waals surface area contributed by atoms with Crippen LogP contribution in [0.1, 0.15) is 30.7 Å². The largest absolute Gasteiger partial charge is 0.349 e. The van der Waals surface area contributed by atoms with Gasteiger partial charge in [-0.2, -0.15) is 0 Å². The number of nitrogens with one attached hydrogen (secondary N) is 1. The van der Waals surface area contributed by atoms with Crippen LogP contribution < -0.4 is 0 Å². The van der Waals surface area contributed by atoms with Crippen LogP contribution in [0.25, 0.3) is 0 Å². The van der Waals surface area contributed by atoms with Gasteiger partial charge in [0.1, 0.15) is 5.82 Å². The molecule has 2 aromatic rings. The molecule has 1 aliphatic heterocycles. The van der Waals surface area contributed by atoms with E-state index in [0.717, 1.165) is 42.1 Å². The van der Waals surface area contributed by atoms with E-state index in [9.17, 15) is 0 Å². The van der Waals surface area contributed by atoms with Gasteiger partial charge in [-0.15, -0.1) is 0 Å². The van der Waals surface area contributed by atoms with E-state index in [1.54, 1.807) is 6.20 Å². The highest BCUT2D eigenvalue weighted by Crippen LogP contribution is 2.36. The zero-order valence-corrected chi connectivity index (χ0v) is 12.6. The number of benzene rings is 1. The SMILES string of the molecule is Clc1ccc(C2(CCCCc3ncc[nH]3)OCCO2)cc1. The number of hydrogen-bond acceptors (Lipinski definition) is 3. The van der Waals surface area contributed by atoms with Crippen LogP contribution in [0.2, 0.25) is 5.02 Å². The number of ether oxygens (including phenoxy) is 2. The fourth-order valence-electron chi connectivity index (χ4n) is 2.70. The van der Waals surface area contributed by atoms with Gasteiger partial charge in [-0.3, -0.25) is 0 Å². The first-order valence-electron chi connectivity index (χ1n) is 7.31. The van der Waals surface area contributed by atoms with Crippen molar-refractivity contribution in [1.29, 1.82) is 0 Å². The van der Waals surface area contributed by atoms with Crippen molar-refractivity contribution < 1.29 is 9.47 Å². The molecule has 0 bridgehead atoms. The smallest absolute Gasteiger partial charge is 0.194 e. The second-order valence-corrected chi connectivity index (χ2v) is 5.64. The van der Waals surface area contributed by atoms with Crippen molar-refractivity contribution in [3.8, 4) is 0 Å². The predicted molar refractivity (Wildman–Crippen MR) is 81.2 cm³/mol. The molecule has 1 N–H and O–H groups in total. The van der Waals surface area contributed by atoms with Crippen molar-refractivity contribution >= 4 is 11.6 Å². The lowest BCUT2D eigenvalue weighted by molar-refractivity contribution is -0.171. The number of nitrogens with zero attached hydrogens (tertiary/aromatic N) is 1. The van der Waals surface area contributed by atoms with Crippen molar-refractivity contribution in [2.24, 2.45) is 0 Å². The van der Waals surface area contributed by atoms with Gasteiger partial charge in [0.15, 0.2) is 5.79 Å². The van der Waals surface area contributed by atoms with Crippen molar-refractivity contribution in [3.05, 3.63) is 53.1 Å². The Morgan fingerprint density at radius 2 is 1.90 bits per heavy atom. The van der Waals surface area contributed by atoms with Crippen molar-refractivity contribution in [2.75, 3.05) is 13.2 Å². The van der Waals surface area contributed by atoms with Crippen molar-refractivity contribution in [1.82, 2.24) is 9.97 Å². The van der Waals surface area contributed by atoms with Crippen LogP contribution >= 0.6 is 11.6 Å². The maximum absolute atomic E-state index is 5.96. The normalized spacial score (nSPS) is 17.2. The van der Waals surface area contributed by atoms with Gasteiger partial charge in [-0.05, 0) is 25.0 Å². The van der Waals surface area contributed by atoms with Crippen LogP contribution in [0.5, 0.6) is 0 Å². The summed E-state index contributed by atoms with van der Waals surface area (Å²) in [6.07, 6.45) is 7.50. The molecule has 4 nitrogen and oxygen atoms in total. The molecule has 1 aromatic heterocycles. The molecule has 0 aliphatic carbocycles. The van der Waals surface area contributed by atoms with Crippen LogP contribution in [0.4, 0.5) is 0 Å². The van der Waals surface area contributed by atoms with Crippen LogP contribution in [0.15, 0.2) is 36.7 Å². The zero-order valence-electron chi connectivity index (χ0n) is 11.8. The van der Waals surface area contributed by atoms with E-state index in [-0.39, 0.29) is 0 Å². The Balaban J connectivity index is 1.60. The zero-order chi connectivity index (χ0) is 14.5. The van der Waals surface area contributed by atoms with Gasteiger partial charge in [0, 0.05) is 35.8 Å².